The molecule has 14 N–H and O–H groups in total. The average molecular weight is 898 g/mol. The Hall–Kier alpha value is -5.34. The summed E-state index contributed by atoms with van der Waals surface area (Å²) in [6, 6.07) is 4.52. The molecule has 6 amide bonds. The second-order valence-corrected chi connectivity index (χ2v) is 17.4. The number of rotatable bonds is 27. The molecule has 6 unspecified atom stereocenters. The number of aliphatic imine (C=N–C) groups is 1. The van der Waals surface area contributed by atoms with E-state index in [0.717, 1.165) is 24.8 Å². The molecular formula is C44H71N11O9. The number of nitrogens with zero attached hydrogens (tertiary/aromatic N) is 3. The molecule has 3 fully saturated rings. The lowest BCUT2D eigenvalue weighted by Gasteiger charge is -2.33. The van der Waals surface area contributed by atoms with Crippen molar-refractivity contribution in [2.24, 2.45) is 33.8 Å². The lowest BCUT2D eigenvalue weighted by Crippen LogP contribution is -2.59. The van der Waals surface area contributed by atoms with E-state index in [1.165, 1.54) is 16.7 Å². The number of nitrogens with one attached hydrogen (secondary N) is 4. The maximum absolute atomic E-state index is 14.4. The number of aliphatic hydroxyl groups is 1. The SMILES string of the molecule is CC(O)C(NC(=O)CCCCCNC(=O)C(N)Cc1ccccc1)C(=O)NC(CCCCCCN)C(=O)N1CCCC1C(=O)N1CCCC1C(=O)N[C@@]1(C(=O)O)C[C@H]1CCN=C(N)N. The first kappa shape index (κ1) is 51.3. The minimum absolute atomic E-state index is 0.0614. The first-order valence-electron chi connectivity index (χ1n) is 22.9. The van der Waals surface area contributed by atoms with Gasteiger partial charge < -0.3 is 64.2 Å². The molecule has 2 saturated heterocycles. The minimum atomic E-state index is -1.49. The van der Waals surface area contributed by atoms with Gasteiger partial charge in [0, 0.05) is 32.6 Å². The third kappa shape index (κ3) is 14.9. The molecule has 1 aliphatic carbocycles. The Morgan fingerprint density at radius 1 is 0.875 bits per heavy atom. The number of carboxylic acid groups (broad SMARTS) is 1. The number of unbranched alkanes of at least 4 members (excludes halogenated alkanes) is 5. The van der Waals surface area contributed by atoms with Gasteiger partial charge in [-0.2, -0.15) is 0 Å². The van der Waals surface area contributed by atoms with E-state index in [-0.39, 0.29) is 56.7 Å². The second-order valence-electron chi connectivity index (χ2n) is 17.4. The maximum atomic E-state index is 14.4. The largest absolute Gasteiger partial charge is 0.479 e. The molecule has 1 saturated carbocycles. The Balaban J connectivity index is 1.32. The first-order chi connectivity index (χ1) is 30.6. The summed E-state index contributed by atoms with van der Waals surface area (Å²) in [6.45, 7) is 2.96. The highest BCUT2D eigenvalue weighted by molar-refractivity contribution is 5.98. The number of nitrogens with two attached hydrogens (primary N) is 4. The van der Waals surface area contributed by atoms with Gasteiger partial charge in [0.05, 0.1) is 12.1 Å². The zero-order valence-corrected chi connectivity index (χ0v) is 37.2. The predicted octanol–water partition coefficient (Wildman–Crippen LogP) is -0.902. The standard InChI is InChI=1S/C44H71N11O9/c1-28(56)36(52-35(57)19-9-5-11-22-49-37(58)31(46)26-29-14-6-4-7-15-29)39(60)51-32(16-8-2-3-10-21-45)40(61)55-25-13-18-34(55)41(62)54-24-12-17-33(54)38(59)53-44(42(63)64)27-30(44)20-23-50-43(47)48/h4,6-7,14-15,28,30-34,36,56H,2-3,5,8-13,16-27,45-46H2,1H3,(H,49,58)(H,51,60)(H,52,57)(H,53,59)(H,63,64)(H4,47,48,50)/t28?,30-,31?,32?,33?,34?,36?,44+/m1/s1. The van der Waals surface area contributed by atoms with Crippen LogP contribution in [0.15, 0.2) is 35.3 Å². The Bertz CT molecular complexity index is 1780. The minimum Gasteiger partial charge on any atom is -0.479 e. The van der Waals surface area contributed by atoms with E-state index in [1.54, 1.807) is 0 Å². The molecule has 8 atom stereocenters. The highest BCUT2D eigenvalue weighted by atomic mass is 16.4. The third-order valence-corrected chi connectivity index (χ3v) is 12.4. The topological polar surface area (TPSA) is 331 Å². The van der Waals surface area contributed by atoms with Crippen molar-refractivity contribution in [3.8, 4) is 0 Å². The number of likely N-dealkylation sites (tertiary alicyclic amines) is 2. The van der Waals surface area contributed by atoms with Crippen LogP contribution in [-0.2, 0) is 40.0 Å². The molecule has 3 aliphatic rings. The number of aliphatic hydroxyl groups excluding tert-OH is 1. The predicted molar refractivity (Wildman–Crippen MR) is 239 cm³/mol. The molecule has 0 aromatic heterocycles. The molecule has 0 spiro atoms. The van der Waals surface area contributed by atoms with E-state index in [1.807, 2.05) is 30.3 Å². The Labute approximate surface area is 375 Å². The summed E-state index contributed by atoms with van der Waals surface area (Å²) in [5.74, 6) is -4.65. The Morgan fingerprint density at radius 3 is 2.22 bits per heavy atom. The van der Waals surface area contributed by atoms with Gasteiger partial charge in [-0.05, 0) is 95.6 Å². The van der Waals surface area contributed by atoms with Crippen LogP contribution in [0.4, 0.5) is 0 Å². The van der Waals surface area contributed by atoms with Crippen LogP contribution in [0.3, 0.4) is 0 Å². The summed E-state index contributed by atoms with van der Waals surface area (Å²) in [4.78, 5) is 100. The average Bonchev–Trinajstić information content (AvgIpc) is 3.56. The highest BCUT2D eigenvalue weighted by Gasteiger charge is 2.62. The van der Waals surface area contributed by atoms with Crippen LogP contribution in [0, 0.1) is 5.92 Å². The third-order valence-electron chi connectivity index (χ3n) is 12.4. The van der Waals surface area contributed by atoms with Gasteiger partial charge in [-0.25, -0.2) is 4.79 Å². The smallest absolute Gasteiger partial charge is 0.329 e. The summed E-state index contributed by atoms with van der Waals surface area (Å²) >= 11 is 0. The fourth-order valence-electron chi connectivity index (χ4n) is 8.69. The summed E-state index contributed by atoms with van der Waals surface area (Å²) < 4.78 is 0. The molecule has 20 nitrogen and oxygen atoms in total. The molecule has 0 bridgehead atoms. The Morgan fingerprint density at radius 2 is 1.55 bits per heavy atom. The molecular weight excluding hydrogens is 827 g/mol. The number of hydrogen-bond donors (Lipinski definition) is 10. The van der Waals surface area contributed by atoms with E-state index >= 15 is 0 Å². The van der Waals surface area contributed by atoms with Crippen LogP contribution < -0.4 is 44.2 Å². The fourth-order valence-corrected chi connectivity index (χ4v) is 8.69. The number of carboxylic acids is 1. The van der Waals surface area contributed by atoms with Crippen molar-refractivity contribution in [2.75, 3.05) is 32.7 Å². The van der Waals surface area contributed by atoms with Gasteiger partial charge in [-0.3, -0.25) is 33.8 Å². The van der Waals surface area contributed by atoms with E-state index < -0.39 is 77.4 Å². The van der Waals surface area contributed by atoms with Crippen LogP contribution in [0.25, 0.3) is 0 Å². The number of amides is 6. The highest BCUT2D eigenvalue weighted by Crippen LogP contribution is 2.46. The summed E-state index contributed by atoms with van der Waals surface area (Å²) in [7, 11) is 0. The van der Waals surface area contributed by atoms with Crippen LogP contribution in [0.1, 0.15) is 109 Å². The van der Waals surface area contributed by atoms with E-state index in [2.05, 4.69) is 26.3 Å². The zero-order chi connectivity index (χ0) is 46.8. The van der Waals surface area contributed by atoms with Gasteiger partial charge in [0.2, 0.25) is 35.4 Å². The van der Waals surface area contributed by atoms with Crippen LogP contribution in [-0.4, -0.2) is 142 Å². The van der Waals surface area contributed by atoms with Gasteiger partial charge in [-0.15, -0.1) is 0 Å². The van der Waals surface area contributed by atoms with Crippen molar-refractivity contribution in [1.82, 2.24) is 31.1 Å². The van der Waals surface area contributed by atoms with E-state index in [9.17, 15) is 43.8 Å². The number of guanidine groups is 1. The van der Waals surface area contributed by atoms with Crippen LogP contribution in [0.2, 0.25) is 0 Å². The number of carbonyl (C=O) groups excluding carboxylic acids is 6. The van der Waals surface area contributed by atoms with Gasteiger partial charge in [0.25, 0.3) is 0 Å². The van der Waals surface area contributed by atoms with E-state index in [4.69, 9.17) is 22.9 Å². The summed E-state index contributed by atoms with van der Waals surface area (Å²) in [5, 5.41) is 31.6. The molecule has 2 aliphatic heterocycles. The molecule has 1 aromatic rings. The number of aliphatic carboxylic acids is 1. The van der Waals surface area contributed by atoms with Crippen LogP contribution >= 0.6 is 0 Å². The lowest BCUT2D eigenvalue weighted by molar-refractivity contribution is -0.149. The number of carbonyl (C=O) groups is 7. The molecule has 2 heterocycles. The van der Waals surface area contributed by atoms with Crippen molar-refractivity contribution >= 4 is 47.4 Å². The monoisotopic (exact) mass is 898 g/mol. The van der Waals surface area contributed by atoms with Crippen LogP contribution in [0.5, 0.6) is 0 Å². The molecule has 0 radical (unpaired) electrons. The van der Waals surface area contributed by atoms with Crippen molar-refractivity contribution < 1.29 is 43.8 Å². The molecule has 356 valence electrons. The van der Waals surface area contributed by atoms with Crippen molar-refractivity contribution in [2.45, 2.75) is 152 Å². The van der Waals surface area contributed by atoms with Gasteiger partial charge in [0.15, 0.2) is 5.96 Å². The summed E-state index contributed by atoms with van der Waals surface area (Å²) in [5.41, 5.74) is 22.0. The molecule has 1 aromatic carbocycles. The number of benzene rings is 1. The Kier molecular flexibility index (Phi) is 20.2. The quantitative estimate of drug-likeness (QED) is 0.0291. The van der Waals surface area contributed by atoms with Crippen molar-refractivity contribution in [1.29, 1.82) is 0 Å². The van der Waals surface area contributed by atoms with Crippen molar-refractivity contribution in [3.05, 3.63) is 35.9 Å². The second kappa shape index (κ2) is 25.2. The fraction of sp³-hybridized carbons (Fsp3) is 0.682. The first-order valence-corrected chi connectivity index (χ1v) is 22.9. The maximum Gasteiger partial charge on any atom is 0.329 e. The van der Waals surface area contributed by atoms with E-state index in [0.29, 0.717) is 77.3 Å². The number of hydrogen-bond acceptors (Lipinski definition) is 11. The van der Waals surface area contributed by atoms with Gasteiger partial charge in [-0.1, -0.05) is 56.0 Å². The van der Waals surface area contributed by atoms with Gasteiger partial charge in [0.1, 0.15) is 29.7 Å². The normalized spacial score (nSPS) is 22.1. The lowest BCUT2D eigenvalue weighted by atomic mass is 10.0. The summed E-state index contributed by atoms with van der Waals surface area (Å²) in [6.07, 6.45) is 6.20. The molecule has 4 rings (SSSR count). The molecule has 64 heavy (non-hydrogen) atoms. The van der Waals surface area contributed by atoms with Crippen molar-refractivity contribution in [3.63, 3.8) is 0 Å². The molecule has 20 heteroatoms. The van der Waals surface area contributed by atoms with Gasteiger partial charge >= 0.3 is 5.97 Å². The zero-order valence-electron chi connectivity index (χ0n) is 37.2.